The van der Waals surface area contributed by atoms with Gasteiger partial charge in [-0.1, -0.05) is 52.3 Å². The van der Waals surface area contributed by atoms with Crippen molar-refractivity contribution in [3.8, 4) is 5.75 Å². The Balaban J connectivity index is 1.50. The fourth-order valence-corrected chi connectivity index (χ4v) is 5.03. The summed E-state index contributed by atoms with van der Waals surface area (Å²) in [5.41, 5.74) is 2.43. The highest BCUT2D eigenvalue weighted by atomic mass is 79.9. The maximum atomic E-state index is 13.4. The number of ether oxygens (including phenoxy) is 1. The van der Waals surface area contributed by atoms with Gasteiger partial charge in [0.1, 0.15) is 11.9 Å². The summed E-state index contributed by atoms with van der Waals surface area (Å²) in [6.45, 7) is 6.14. The van der Waals surface area contributed by atoms with Crippen LogP contribution in [-0.4, -0.2) is 57.6 Å². The molecule has 0 spiro atoms. The molecule has 7 nitrogen and oxygen atoms in total. The number of benzene rings is 2. The third-order valence-corrected chi connectivity index (χ3v) is 7.15. The molecule has 3 aromatic rings. The van der Waals surface area contributed by atoms with Crippen LogP contribution in [0.3, 0.4) is 0 Å². The standard InChI is InChI=1S/C28H33BrN4O3/c1-4-33-19-25(20(2)30-33)28(35)32-14-13-26(36-24-12-8-11-23(29)16-24)22(18-32)15-27(34)31(3)17-21-9-6-5-7-10-21/h5-12,16,19,22,26H,4,13-15,17-18H2,1-3H3/t22-,26-/m0/s1. The summed E-state index contributed by atoms with van der Waals surface area (Å²) < 4.78 is 9.09. The molecule has 8 heteroatoms. The zero-order valence-electron chi connectivity index (χ0n) is 21.1. The van der Waals surface area contributed by atoms with Crippen LogP contribution >= 0.6 is 15.9 Å². The minimum atomic E-state index is -0.170. The molecular formula is C28H33BrN4O3. The van der Waals surface area contributed by atoms with Gasteiger partial charge < -0.3 is 14.5 Å². The number of aromatic nitrogens is 2. The van der Waals surface area contributed by atoms with Crippen molar-refractivity contribution >= 4 is 27.7 Å². The van der Waals surface area contributed by atoms with Crippen molar-refractivity contribution < 1.29 is 14.3 Å². The van der Waals surface area contributed by atoms with Gasteiger partial charge in [0, 0.05) is 62.7 Å². The van der Waals surface area contributed by atoms with Crippen LogP contribution in [0.1, 0.15) is 41.4 Å². The second-order valence-corrected chi connectivity index (χ2v) is 10.3. The van der Waals surface area contributed by atoms with Gasteiger partial charge in [0.25, 0.3) is 5.91 Å². The Hall–Kier alpha value is -3.13. The molecule has 2 amide bonds. The molecule has 0 saturated carbocycles. The Kier molecular flexibility index (Phi) is 8.46. The number of halogens is 1. The summed E-state index contributed by atoms with van der Waals surface area (Å²) in [6.07, 6.45) is 2.60. The number of rotatable bonds is 8. The second kappa shape index (κ2) is 11.7. The Morgan fingerprint density at radius 2 is 1.94 bits per heavy atom. The molecule has 0 radical (unpaired) electrons. The van der Waals surface area contributed by atoms with Crippen LogP contribution in [0.5, 0.6) is 5.75 Å². The van der Waals surface area contributed by atoms with Crippen molar-refractivity contribution in [2.75, 3.05) is 20.1 Å². The van der Waals surface area contributed by atoms with Crippen LogP contribution in [0.15, 0.2) is 65.3 Å². The Morgan fingerprint density at radius 1 is 1.17 bits per heavy atom. The van der Waals surface area contributed by atoms with Crippen LogP contribution in [-0.2, 0) is 17.9 Å². The van der Waals surface area contributed by atoms with Gasteiger partial charge in [-0.2, -0.15) is 5.10 Å². The normalized spacial score (nSPS) is 17.6. The number of aryl methyl sites for hydroxylation is 2. The van der Waals surface area contributed by atoms with Gasteiger partial charge in [-0.15, -0.1) is 0 Å². The molecular weight excluding hydrogens is 520 g/mol. The number of hydrogen-bond donors (Lipinski definition) is 0. The molecule has 2 atom stereocenters. The molecule has 2 heterocycles. The lowest BCUT2D eigenvalue weighted by atomic mass is 9.90. The lowest BCUT2D eigenvalue weighted by Crippen LogP contribution is -2.49. The Labute approximate surface area is 221 Å². The maximum absolute atomic E-state index is 13.4. The minimum absolute atomic E-state index is 0.0379. The zero-order chi connectivity index (χ0) is 25.7. The minimum Gasteiger partial charge on any atom is -0.490 e. The summed E-state index contributed by atoms with van der Waals surface area (Å²) in [5.74, 6) is 0.623. The van der Waals surface area contributed by atoms with Crippen LogP contribution in [0.25, 0.3) is 0 Å². The highest BCUT2D eigenvalue weighted by Crippen LogP contribution is 2.29. The molecule has 1 aliphatic heterocycles. The van der Waals surface area contributed by atoms with Gasteiger partial charge in [-0.25, -0.2) is 0 Å². The molecule has 4 rings (SSSR count). The first kappa shape index (κ1) is 25.9. The first-order valence-electron chi connectivity index (χ1n) is 12.4. The summed E-state index contributed by atoms with van der Waals surface area (Å²) >= 11 is 3.50. The quantitative estimate of drug-likeness (QED) is 0.397. The number of carbonyl (C=O) groups is 2. The Morgan fingerprint density at radius 3 is 2.64 bits per heavy atom. The summed E-state index contributed by atoms with van der Waals surface area (Å²) in [6, 6.07) is 17.7. The van der Waals surface area contributed by atoms with E-state index >= 15 is 0 Å². The van der Waals surface area contributed by atoms with Crippen molar-refractivity contribution in [3.63, 3.8) is 0 Å². The lowest BCUT2D eigenvalue weighted by Gasteiger charge is -2.39. The number of hydrogen-bond acceptors (Lipinski definition) is 4. The predicted octanol–water partition coefficient (Wildman–Crippen LogP) is 4.93. The average Bonchev–Trinajstić information content (AvgIpc) is 3.26. The van der Waals surface area contributed by atoms with E-state index in [9.17, 15) is 9.59 Å². The highest BCUT2D eigenvalue weighted by Gasteiger charge is 2.36. The molecule has 0 aliphatic carbocycles. The van der Waals surface area contributed by atoms with E-state index in [1.807, 2.05) is 86.6 Å². The first-order chi connectivity index (χ1) is 17.3. The van der Waals surface area contributed by atoms with E-state index in [0.717, 1.165) is 21.5 Å². The van der Waals surface area contributed by atoms with Gasteiger partial charge in [0.15, 0.2) is 0 Å². The van der Waals surface area contributed by atoms with Crippen molar-refractivity contribution in [2.45, 2.75) is 45.9 Å². The fraction of sp³-hybridized carbons (Fsp3) is 0.393. The second-order valence-electron chi connectivity index (χ2n) is 9.34. The van der Waals surface area contributed by atoms with E-state index in [0.29, 0.717) is 44.6 Å². The van der Waals surface area contributed by atoms with Crippen LogP contribution in [0.4, 0.5) is 0 Å². The molecule has 36 heavy (non-hydrogen) atoms. The van der Waals surface area contributed by atoms with Crippen LogP contribution in [0.2, 0.25) is 0 Å². The van der Waals surface area contributed by atoms with Gasteiger partial charge in [-0.3, -0.25) is 14.3 Å². The molecule has 1 saturated heterocycles. The van der Waals surface area contributed by atoms with E-state index in [1.165, 1.54) is 0 Å². The van der Waals surface area contributed by atoms with Gasteiger partial charge in [-0.05, 0) is 37.6 Å². The van der Waals surface area contributed by atoms with E-state index < -0.39 is 0 Å². The summed E-state index contributed by atoms with van der Waals surface area (Å²) in [7, 11) is 1.83. The van der Waals surface area contributed by atoms with E-state index in [1.54, 1.807) is 9.58 Å². The number of piperidine rings is 1. The predicted molar refractivity (Wildman–Crippen MR) is 143 cm³/mol. The van der Waals surface area contributed by atoms with Crippen LogP contribution in [0, 0.1) is 12.8 Å². The smallest absolute Gasteiger partial charge is 0.257 e. The van der Waals surface area contributed by atoms with Crippen molar-refractivity contribution in [1.29, 1.82) is 0 Å². The third-order valence-electron chi connectivity index (χ3n) is 6.66. The topological polar surface area (TPSA) is 67.7 Å². The highest BCUT2D eigenvalue weighted by molar-refractivity contribution is 9.10. The lowest BCUT2D eigenvalue weighted by molar-refractivity contribution is -0.132. The maximum Gasteiger partial charge on any atom is 0.257 e. The van der Waals surface area contributed by atoms with E-state index in [2.05, 4.69) is 21.0 Å². The van der Waals surface area contributed by atoms with Crippen LogP contribution < -0.4 is 4.74 Å². The summed E-state index contributed by atoms with van der Waals surface area (Å²) in [5, 5.41) is 4.43. The van der Waals surface area contributed by atoms with E-state index in [-0.39, 0.29) is 23.8 Å². The number of carbonyl (C=O) groups excluding carboxylic acids is 2. The molecule has 0 N–H and O–H groups in total. The third kappa shape index (κ3) is 6.35. The summed E-state index contributed by atoms with van der Waals surface area (Å²) in [4.78, 5) is 30.3. The number of likely N-dealkylation sites (tertiary alicyclic amines) is 1. The zero-order valence-corrected chi connectivity index (χ0v) is 22.6. The molecule has 0 bridgehead atoms. The van der Waals surface area contributed by atoms with Gasteiger partial charge >= 0.3 is 0 Å². The Bertz CT molecular complexity index is 1200. The SMILES string of the molecule is CCn1cc(C(=O)N2CC[C@H](Oc3cccc(Br)c3)[C@@H](CC(=O)N(C)Cc3ccccc3)C2)c(C)n1. The molecule has 1 aliphatic rings. The largest absolute Gasteiger partial charge is 0.490 e. The molecule has 0 unspecified atom stereocenters. The molecule has 1 aromatic heterocycles. The van der Waals surface area contributed by atoms with E-state index in [4.69, 9.17) is 4.74 Å². The first-order valence-corrected chi connectivity index (χ1v) is 13.2. The molecule has 190 valence electrons. The number of amides is 2. The van der Waals surface area contributed by atoms with Crippen molar-refractivity contribution in [2.24, 2.45) is 5.92 Å². The van der Waals surface area contributed by atoms with Crippen molar-refractivity contribution in [1.82, 2.24) is 19.6 Å². The monoisotopic (exact) mass is 552 g/mol. The average molecular weight is 554 g/mol. The number of nitrogens with zero attached hydrogens (tertiary/aromatic N) is 4. The fourth-order valence-electron chi connectivity index (χ4n) is 4.65. The molecule has 2 aromatic carbocycles. The van der Waals surface area contributed by atoms with Gasteiger partial charge in [0.2, 0.25) is 5.91 Å². The van der Waals surface area contributed by atoms with Crippen molar-refractivity contribution in [3.05, 3.63) is 82.1 Å². The van der Waals surface area contributed by atoms with Gasteiger partial charge in [0.05, 0.1) is 11.3 Å². The molecule has 1 fully saturated rings.